The highest BCUT2D eigenvalue weighted by Crippen LogP contribution is 2.34. The number of nitrogens with zero attached hydrogens (tertiary/aromatic N) is 1. The van der Waals surface area contributed by atoms with Crippen LogP contribution in [0, 0.1) is 0 Å². The summed E-state index contributed by atoms with van der Waals surface area (Å²) in [4.78, 5) is 2.16. The highest BCUT2D eigenvalue weighted by Gasteiger charge is 2.22. The molecule has 1 aliphatic rings. The van der Waals surface area contributed by atoms with Gasteiger partial charge in [0.15, 0.2) is 0 Å². The van der Waals surface area contributed by atoms with Crippen molar-refractivity contribution < 1.29 is 9.47 Å². The number of hydrogen-bond donors (Lipinski definition) is 1. The molecule has 0 radical (unpaired) electrons. The summed E-state index contributed by atoms with van der Waals surface area (Å²) in [6, 6.07) is 6.41. The minimum atomic E-state index is 0.308. The van der Waals surface area contributed by atoms with E-state index < -0.39 is 0 Å². The fourth-order valence-corrected chi connectivity index (χ4v) is 2.09. The van der Waals surface area contributed by atoms with Crippen molar-refractivity contribution in [1.82, 2.24) is 10.2 Å². The third-order valence-electron chi connectivity index (χ3n) is 3.13. The zero-order valence-electron chi connectivity index (χ0n) is 11.4. The molecule has 0 spiro atoms. The molecule has 1 aromatic carbocycles. The molecule has 4 nitrogen and oxygen atoms in total. The van der Waals surface area contributed by atoms with Gasteiger partial charge in [0.2, 0.25) is 0 Å². The van der Waals surface area contributed by atoms with Crippen molar-refractivity contribution >= 4 is 0 Å². The van der Waals surface area contributed by atoms with E-state index >= 15 is 0 Å². The molecule has 1 aliphatic heterocycles. The average Bonchev–Trinajstić information content (AvgIpc) is 2.76. The molecule has 18 heavy (non-hydrogen) atoms. The summed E-state index contributed by atoms with van der Waals surface area (Å²) in [5, 5.41) is 3.23. The van der Waals surface area contributed by atoms with Crippen molar-refractivity contribution in [1.29, 1.82) is 0 Å². The van der Waals surface area contributed by atoms with Gasteiger partial charge in [-0.25, -0.2) is 0 Å². The minimum absolute atomic E-state index is 0.308. The van der Waals surface area contributed by atoms with Crippen LogP contribution in [0.4, 0.5) is 0 Å². The normalized spacial score (nSPS) is 17.7. The second-order valence-electron chi connectivity index (χ2n) is 4.86. The summed E-state index contributed by atoms with van der Waals surface area (Å²) < 4.78 is 11.4. The van der Waals surface area contributed by atoms with Crippen LogP contribution in [0.3, 0.4) is 0 Å². The summed E-state index contributed by atoms with van der Waals surface area (Å²) >= 11 is 0. The van der Waals surface area contributed by atoms with Crippen molar-refractivity contribution in [3.63, 3.8) is 0 Å². The first-order valence-corrected chi connectivity index (χ1v) is 6.42. The second-order valence-corrected chi connectivity index (χ2v) is 4.86. The molecule has 0 aliphatic carbocycles. The molecule has 1 atom stereocenters. The molecule has 0 saturated carbocycles. The molecular formula is C14H22N2O2. The van der Waals surface area contributed by atoms with E-state index in [9.17, 15) is 0 Å². The Bertz CT molecular complexity index is 393. The fourth-order valence-electron chi connectivity index (χ4n) is 2.09. The molecule has 0 aromatic heterocycles. The van der Waals surface area contributed by atoms with E-state index in [0.29, 0.717) is 12.6 Å². The van der Waals surface area contributed by atoms with Gasteiger partial charge < -0.3 is 19.7 Å². The Kier molecular flexibility index (Phi) is 4.44. The number of benzene rings is 1. The summed E-state index contributed by atoms with van der Waals surface area (Å²) in [6.45, 7) is 2.49. The van der Waals surface area contributed by atoms with Crippen molar-refractivity contribution in [3.8, 4) is 11.5 Å². The lowest BCUT2D eigenvalue weighted by Gasteiger charge is -2.11. The highest BCUT2D eigenvalue weighted by molar-refractivity contribution is 5.44. The molecule has 0 saturated heterocycles. The summed E-state index contributed by atoms with van der Waals surface area (Å²) in [7, 11) is 6.09. The number of hydrogen-bond acceptors (Lipinski definition) is 4. The van der Waals surface area contributed by atoms with Crippen molar-refractivity contribution in [2.75, 3.05) is 40.9 Å². The van der Waals surface area contributed by atoms with Crippen LogP contribution >= 0.6 is 0 Å². The number of ether oxygens (including phenoxy) is 2. The topological polar surface area (TPSA) is 33.7 Å². The van der Waals surface area contributed by atoms with Crippen LogP contribution in [0.25, 0.3) is 0 Å². The van der Waals surface area contributed by atoms with E-state index in [-0.39, 0.29) is 0 Å². The van der Waals surface area contributed by atoms with Crippen LogP contribution in [0.2, 0.25) is 0 Å². The quantitative estimate of drug-likeness (QED) is 0.779. The van der Waals surface area contributed by atoms with Gasteiger partial charge in [-0.05, 0) is 39.7 Å². The first-order valence-electron chi connectivity index (χ1n) is 6.42. The van der Waals surface area contributed by atoms with Gasteiger partial charge >= 0.3 is 0 Å². The molecule has 1 N–H and O–H groups in total. The monoisotopic (exact) mass is 250 g/mol. The Hall–Kier alpha value is -1.26. The molecule has 2 rings (SSSR count). The van der Waals surface area contributed by atoms with Crippen LogP contribution in [0.15, 0.2) is 18.2 Å². The minimum Gasteiger partial charge on any atom is -0.493 e. The molecule has 4 heteroatoms. The van der Waals surface area contributed by atoms with Crippen LogP contribution < -0.4 is 14.8 Å². The van der Waals surface area contributed by atoms with Crippen LogP contribution in [0.1, 0.15) is 18.0 Å². The summed E-state index contributed by atoms with van der Waals surface area (Å²) in [5.41, 5.74) is 1.22. The number of likely N-dealkylation sites (N-methyl/N-ethyl adjacent to an activating group) is 1. The second kappa shape index (κ2) is 6.07. The first-order chi connectivity index (χ1) is 8.70. The van der Waals surface area contributed by atoms with Crippen LogP contribution in [0.5, 0.6) is 11.5 Å². The lowest BCUT2D eigenvalue weighted by molar-refractivity contribution is 0.279. The fraction of sp³-hybridized carbons (Fsp3) is 0.571. The molecule has 1 unspecified atom stereocenters. The Balaban J connectivity index is 1.88. The van der Waals surface area contributed by atoms with E-state index in [0.717, 1.165) is 31.1 Å². The Morgan fingerprint density at radius 3 is 3.00 bits per heavy atom. The molecule has 1 aromatic rings. The number of rotatable bonds is 6. The van der Waals surface area contributed by atoms with E-state index in [1.165, 1.54) is 5.56 Å². The van der Waals surface area contributed by atoms with E-state index in [1.807, 2.05) is 19.2 Å². The van der Waals surface area contributed by atoms with Gasteiger partial charge in [-0.1, -0.05) is 0 Å². The van der Waals surface area contributed by atoms with Crippen LogP contribution in [-0.2, 0) is 0 Å². The van der Waals surface area contributed by atoms with Gasteiger partial charge in [0.1, 0.15) is 18.1 Å². The number of nitrogens with one attached hydrogen (secondary N) is 1. The summed E-state index contributed by atoms with van der Waals surface area (Å²) in [6.07, 6.45) is 1.03. The van der Waals surface area contributed by atoms with E-state index in [2.05, 4.69) is 30.4 Å². The summed E-state index contributed by atoms with van der Waals surface area (Å²) in [5.74, 6) is 1.84. The lowest BCUT2D eigenvalue weighted by Crippen LogP contribution is -2.17. The van der Waals surface area contributed by atoms with Gasteiger partial charge in [-0.3, -0.25) is 0 Å². The first kappa shape index (κ1) is 13.2. The maximum atomic E-state index is 5.72. The Labute approximate surface area is 109 Å². The SMILES string of the molecule is CNC1COc2cc(OCCCN(C)C)ccc21. The van der Waals surface area contributed by atoms with Gasteiger partial charge in [-0.2, -0.15) is 0 Å². The molecule has 1 heterocycles. The third kappa shape index (κ3) is 3.15. The van der Waals surface area contributed by atoms with Gasteiger partial charge in [0.25, 0.3) is 0 Å². The Morgan fingerprint density at radius 1 is 1.44 bits per heavy atom. The van der Waals surface area contributed by atoms with Gasteiger partial charge in [0.05, 0.1) is 12.6 Å². The zero-order chi connectivity index (χ0) is 13.0. The standard InChI is InChI=1S/C14H22N2O2/c1-15-13-10-18-14-9-11(5-6-12(13)14)17-8-4-7-16(2)3/h5-6,9,13,15H,4,7-8,10H2,1-3H3. The predicted molar refractivity (Wildman–Crippen MR) is 72.4 cm³/mol. The third-order valence-corrected chi connectivity index (χ3v) is 3.13. The van der Waals surface area contributed by atoms with Crippen molar-refractivity contribution in [2.45, 2.75) is 12.5 Å². The van der Waals surface area contributed by atoms with Crippen LogP contribution in [-0.4, -0.2) is 45.8 Å². The highest BCUT2D eigenvalue weighted by atomic mass is 16.5. The zero-order valence-corrected chi connectivity index (χ0v) is 11.4. The smallest absolute Gasteiger partial charge is 0.127 e. The number of fused-ring (bicyclic) bond motifs is 1. The Morgan fingerprint density at radius 2 is 2.28 bits per heavy atom. The van der Waals surface area contributed by atoms with E-state index in [4.69, 9.17) is 9.47 Å². The van der Waals surface area contributed by atoms with Crippen molar-refractivity contribution in [2.24, 2.45) is 0 Å². The van der Waals surface area contributed by atoms with Gasteiger partial charge in [0, 0.05) is 18.2 Å². The molecular weight excluding hydrogens is 228 g/mol. The average molecular weight is 250 g/mol. The van der Waals surface area contributed by atoms with Crippen molar-refractivity contribution in [3.05, 3.63) is 23.8 Å². The predicted octanol–water partition coefficient (Wildman–Crippen LogP) is 1.67. The van der Waals surface area contributed by atoms with Gasteiger partial charge in [-0.15, -0.1) is 0 Å². The molecule has 0 bridgehead atoms. The maximum Gasteiger partial charge on any atom is 0.127 e. The molecule has 0 amide bonds. The maximum absolute atomic E-state index is 5.72. The molecule has 0 fully saturated rings. The largest absolute Gasteiger partial charge is 0.493 e. The molecule has 100 valence electrons. The van der Waals surface area contributed by atoms with E-state index in [1.54, 1.807) is 0 Å². The lowest BCUT2D eigenvalue weighted by atomic mass is 10.1.